The first-order chi connectivity index (χ1) is 13.0. The Hall–Kier alpha value is -2.88. The Morgan fingerprint density at radius 1 is 0.786 bits per heavy atom. The number of rotatable bonds is 3. The smallest absolute Gasteiger partial charge is 0.420 e. The Kier molecular flexibility index (Phi) is 4.92. The van der Waals surface area contributed by atoms with Gasteiger partial charge in [-0.25, -0.2) is 4.79 Å². The number of aromatic carboxylic acids is 1. The molecule has 4 heteroatoms. The van der Waals surface area contributed by atoms with Crippen molar-refractivity contribution in [2.75, 3.05) is 0 Å². The van der Waals surface area contributed by atoms with E-state index in [0.717, 1.165) is 45.0 Å². The summed E-state index contributed by atoms with van der Waals surface area (Å²) in [7, 11) is 0. The highest BCUT2D eigenvalue weighted by molar-refractivity contribution is 5.84. The zero-order valence-corrected chi connectivity index (χ0v) is 18.1. The Balaban J connectivity index is 2.49. The van der Waals surface area contributed by atoms with Gasteiger partial charge in [-0.2, -0.15) is 9.13 Å². The third kappa shape index (κ3) is 3.03. The van der Waals surface area contributed by atoms with Gasteiger partial charge in [-0.05, 0) is 63.8 Å². The van der Waals surface area contributed by atoms with Crippen LogP contribution in [0.25, 0.3) is 11.4 Å². The lowest BCUT2D eigenvalue weighted by Crippen LogP contribution is -2.41. The maximum Gasteiger partial charge on any atom is 0.420 e. The van der Waals surface area contributed by atoms with Crippen LogP contribution in [-0.4, -0.2) is 15.6 Å². The van der Waals surface area contributed by atoms with Gasteiger partial charge in [-0.3, -0.25) is 0 Å². The molecule has 0 atom stereocenters. The molecule has 28 heavy (non-hydrogen) atoms. The number of nitrogens with zero attached hydrogens (tertiary/aromatic N) is 2. The van der Waals surface area contributed by atoms with Crippen molar-refractivity contribution in [3.8, 4) is 11.4 Å². The molecule has 0 fully saturated rings. The van der Waals surface area contributed by atoms with E-state index >= 15 is 0 Å². The molecular formula is C24H29N2O2+. The number of carboxylic acid groups (broad SMARTS) is 1. The highest BCUT2D eigenvalue weighted by Gasteiger charge is 2.36. The van der Waals surface area contributed by atoms with Gasteiger partial charge >= 0.3 is 11.8 Å². The molecule has 4 nitrogen and oxygen atoms in total. The van der Waals surface area contributed by atoms with Crippen molar-refractivity contribution in [1.29, 1.82) is 0 Å². The quantitative estimate of drug-likeness (QED) is 0.659. The summed E-state index contributed by atoms with van der Waals surface area (Å²) in [5.74, 6) is -0.671. The van der Waals surface area contributed by atoms with Gasteiger partial charge in [0.15, 0.2) is 0 Å². The monoisotopic (exact) mass is 377 g/mol. The second kappa shape index (κ2) is 6.93. The predicted octanol–water partition coefficient (Wildman–Crippen LogP) is 4.92. The largest absolute Gasteiger partial charge is 0.472 e. The maximum atomic E-state index is 12.5. The van der Waals surface area contributed by atoms with E-state index in [4.69, 9.17) is 0 Å². The van der Waals surface area contributed by atoms with Crippen molar-refractivity contribution in [3.05, 3.63) is 74.9 Å². The summed E-state index contributed by atoms with van der Waals surface area (Å²) in [6, 6.07) is 8.43. The minimum Gasteiger partial charge on any atom is -0.472 e. The number of hydrogen-bond acceptors (Lipinski definition) is 1. The number of carboxylic acids is 1. The lowest BCUT2D eigenvalue weighted by atomic mass is 10.0. The van der Waals surface area contributed by atoms with Crippen molar-refractivity contribution in [1.82, 2.24) is 4.57 Å². The molecule has 0 spiro atoms. The van der Waals surface area contributed by atoms with Crippen molar-refractivity contribution < 1.29 is 14.5 Å². The fraction of sp³-hybridized carbons (Fsp3) is 0.333. The minimum absolute atomic E-state index is 0.264. The second-order valence-corrected chi connectivity index (χ2v) is 7.97. The number of aryl methyl sites for hydroxylation is 6. The molecule has 0 unspecified atom stereocenters. The minimum atomic E-state index is -0.935. The normalized spacial score (nSPS) is 11.1. The number of benzene rings is 2. The molecule has 3 rings (SSSR count). The molecule has 146 valence electrons. The molecule has 0 aliphatic rings. The topological polar surface area (TPSA) is 46.1 Å². The van der Waals surface area contributed by atoms with Crippen molar-refractivity contribution >= 4 is 5.97 Å². The van der Waals surface area contributed by atoms with Crippen LogP contribution in [0.3, 0.4) is 0 Å². The first-order valence-electron chi connectivity index (χ1n) is 9.58. The van der Waals surface area contributed by atoms with Crippen LogP contribution in [0.4, 0.5) is 0 Å². The lowest BCUT2D eigenvalue weighted by Gasteiger charge is -2.12. The van der Waals surface area contributed by atoms with Crippen LogP contribution in [0.5, 0.6) is 0 Å². The zero-order chi connectivity index (χ0) is 20.9. The first kappa shape index (κ1) is 19.9. The van der Waals surface area contributed by atoms with Gasteiger partial charge in [0.1, 0.15) is 22.8 Å². The van der Waals surface area contributed by atoms with E-state index in [-0.39, 0.29) is 5.82 Å². The molecule has 0 amide bonds. The summed E-state index contributed by atoms with van der Waals surface area (Å²) in [4.78, 5) is 12.5. The molecule has 3 aromatic rings. The summed E-state index contributed by atoms with van der Waals surface area (Å²) in [5, 5.41) is 10.2. The zero-order valence-electron chi connectivity index (χ0n) is 18.1. The second-order valence-electron chi connectivity index (χ2n) is 7.97. The third-order valence-electron chi connectivity index (χ3n) is 5.53. The van der Waals surface area contributed by atoms with E-state index in [1.807, 2.05) is 50.7 Å². The molecule has 0 radical (unpaired) electrons. The van der Waals surface area contributed by atoms with Gasteiger partial charge in [-0.15, -0.1) is 0 Å². The van der Waals surface area contributed by atoms with E-state index < -0.39 is 5.97 Å². The number of aromatic nitrogens is 2. The van der Waals surface area contributed by atoms with E-state index in [0.29, 0.717) is 0 Å². The third-order valence-corrected chi connectivity index (χ3v) is 5.53. The Bertz CT molecular complexity index is 993. The number of imidazole rings is 1. The standard InChI is InChI=1S/C24H28N2O2/c1-13-9-15(3)21(16(4)10-13)25-19(7)20(8)26(23(25)24(27)28)22-17(5)11-14(2)12-18(22)6/h9-12H,1-8H3/p+1. The van der Waals surface area contributed by atoms with E-state index in [1.54, 1.807) is 0 Å². The summed E-state index contributed by atoms with van der Waals surface area (Å²) in [6.45, 7) is 16.3. The van der Waals surface area contributed by atoms with Crippen molar-refractivity contribution in [2.45, 2.75) is 55.4 Å². The fourth-order valence-electron chi connectivity index (χ4n) is 4.53. The summed E-state index contributed by atoms with van der Waals surface area (Å²) < 4.78 is 3.81. The number of carbonyl (C=O) groups is 1. The molecule has 1 aromatic heterocycles. The van der Waals surface area contributed by atoms with Crippen molar-refractivity contribution in [2.24, 2.45) is 0 Å². The van der Waals surface area contributed by atoms with Crippen LogP contribution in [0, 0.1) is 55.4 Å². The highest BCUT2D eigenvalue weighted by Crippen LogP contribution is 2.27. The molecule has 0 aliphatic carbocycles. The predicted molar refractivity (Wildman–Crippen MR) is 112 cm³/mol. The SMILES string of the molecule is Cc1cc(C)c(-n2c(C)c(C)[n+](-c3c(C)cc(C)cc3C)c2C(=O)O)c(C)c1. The van der Waals surface area contributed by atoms with Gasteiger partial charge in [0.05, 0.1) is 0 Å². The molecule has 0 aliphatic heterocycles. The van der Waals surface area contributed by atoms with Crippen LogP contribution >= 0.6 is 0 Å². The van der Waals surface area contributed by atoms with Gasteiger partial charge in [-0.1, -0.05) is 35.4 Å². The average molecular weight is 378 g/mol. The van der Waals surface area contributed by atoms with Gasteiger partial charge < -0.3 is 5.11 Å². The van der Waals surface area contributed by atoms with Crippen molar-refractivity contribution in [3.63, 3.8) is 0 Å². The van der Waals surface area contributed by atoms with Crippen LogP contribution < -0.4 is 4.57 Å². The van der Waals surface area contributed by atoms with E-state index in [1.165, 1.54) is 11.1 Å². The molecule has 1 heterocycles. The molecule has 1 N–H and O–H groups in total. The summed E-state index contributed by atoms with van der Waals surface area (Å²) >= 11 is 0. The molecule has 0 bridgehead atoms. The average Bonchev–Trinajstić information content (AvgIpc) is 2.79. The highest BCUT2D eigenvalue weighted by atomic mass is 16.4. The Morgan fingerprint density at radius 3 is 1.64 bits per heavy atom. The summed E-state index contributed by atoms with van der Waals surface area (Å²) in [6.07, 6.45) is 0. The van der Waals surface area contributed by atoms with Gasteiger partial charge in [0, 0.05) is 13.8 Å². The fourth-order valence-corrected chi connectivity index (χ4v) is 4.53. The lowest BCUT2D eigenvalue weighted by molar-refractivity contribution is -0.605. The molecular weight excluding hydrogens is 348 g/mol. The van der Waals surface area contributed by atoms with E-state index in [9.17, 15) is 9.90 Å². The van der Waals surface area contributed by atoms with Crippen LogP contribution in [0.15, 0.2) is 24.3 Å². The maximum absolute atomic E-state index is 12.5. The van der Waals surface area contributed by atoms with Crippen LogP contribution in [-0.2, 0) is 0 Å². The van der Waals surface area contributed by atoms with Crippen LogP contribution in [0.1, 0.15) is 55.4 Å². The van der Waals surface area contributed by atoms with Gasteiger partial charge in [0.2, 0.25) is 0 Å². The number of hydrogen-bond donors (Lipinski definition) is 1. The Labute approximate surface area is 167 Å². The first-order valence-corrected chi connectivity index (χ1v) is 9.58. The molecule has 0 saturated carbocycles. The molecule has 0 saturated heterocycles. The Morgan fingerprint density at radius 2 is 1.21 bits per heavy atom. The van der Waals surface area contributed by atoms with E-state index in [2.05, 4.69) is 38.1 Å². The van der Waals surface area contributed by atoms with Crippen LogP contribution in [0.2, 0.25) is 0 Å². The summed E-state index contributed by atoms with van der Waals surface area (Å²) in [5.41, 5.74) is 10.4. The molecule has 2 aromatic carbocycles. The van der Waals surface area contributed by atoms with Gasteiger partial charge in [0.25, 0.3) is 0 Å².